The van der Waals surface area contributed by atoms with E-state index in [1.807, 2.05) is 60.7 Å². The van der Waals surface area contributed by atoms with Gasteiger partial charge in [-0.05, 0) is 53.6 Å². The van der Waals surface area contributed by atoms with Gasteiger partial charge in [-0.15, -0.1) is 0 Å². The van der Waals surface area contributed by atoms with Gasteiger partial charge in [0.1, 0.15) is 0 Å². The number of benzene rings is 3. The summed E-state index contributed by atoms with van der Waals surface area (Å²) in [5.41, 5.74) is 2.66. The Labute approximate surface area is 224 Å². The van der Waals surface area contributed by atoms with Crippen molar-refractivity contribution in [1.82, 2.24) is 4.90 Å². The lowest BCUT2D eigenvalue weighted by Crippen LogP contribution is -2.28. The number of carboxylic acids is 1. The monoisotopic (exact) mass is 536 g/mol. The fourth-order valence-corrected chi connectivity index (χ4v) is 4.88. The van der Waals surface area contributed by atoms with Crippen molar-refractivity contribution in [3.63, 3.8) is 0 Å². The van der Waals surface area contributed by atoms with Gasteiger partial charge in [0, 0.05) is 0 Å². The van der Waals surface area contributed by atoms with Crippen molar-refractivity contribution >= 4 is 46.5 Å². The molecule has 0 bridgehead atoms. The Morgan fingerprint density at radius 1 is 1.05 bits per heavy atom. The highest BCUT2D eigenvalue weighted by Gasteiger charge is 2.33. The maximum absolute atomic E-state index is 13.5. The smallest absolute Gasteiger partial charge is 0.341 e. The van der Waals surface area contributed by atoms with Crippen LogP contribution < -0.4 is 9.47 Å². The first kappa shape index (κ1) is 26.3. The Kier molecular flexibility index (Phi) is 8.87. The molecule has 1 N–H and O–H groups in total. The molecule has 0 unspecified atom stereocenters. The van der Waals surface area contributed by atoms with Crippen LogP contribution >= 0.6 is 23.4 Å². The number of thioether (sulfide) groups is 1. The summed E-state index contributed by atoms with van der Waals surface area (Å²) >= 11 is 7.70. The highest BCUT2D eigenvalue weighted by molar-refractivity contribution is 8.18. The minimum Gasteiger partial charge on any atom is -0.490 e. The zero-order valence-electron chi connectivity index (χ0n) is 20.1. The summed E-state index contributed by atoms with van der Waals surface area (Å²) in [5.74, 6) is -0.841. The van der Waals surface area contributed by atoms with Crippen molar-refractivity contribution < 1.29 is 24.2 Å². The first-order chi connectivity index (χ1) is 17.9. The quantitative estimate of drug-likeness (QED) is 0.326. The van der Waals surface area contributed by atoms with Gasteiger partial charge in [-0.1, -0.05) is 72.3 Å². The van der Waals surface area contributed by atoms with Crippen LogP contribution in [0.25, 0.3) is 6.08 Å². The van der Waals surface area contributed by atoms with Gasteiger partial charge in [0.05, 0.1) is 29.6 Å². The van der Waals surface area contributed by atoms with E-state index in [2.05, 4.69) is 0 Å². The van der Waals surface area contributed by atoms with Gasteiger partial charge in [0.25, 0.3) is 5.91 Å². The van der Waals surface area contributed by atoms with E-state index < -0.39 is 12.6 Å². The van der Waals surface area contributed by atoms with Crippen LogP contribution in [0.1, 0.15) is 23.6 Å². The molecular weight excluding hydrogens is 512 g/mol. The summed E-state index contributed by atoms with van der Waals surface area (Å²) in [6, 6.07) is 22.9. The molecule has 1 amide bonds. The third-order valence-electron chi connectivity index (χ3n) is 5.28. The number of carboxylic acid groups (broad SMARTS) is 1. The zero-order chi connectivity index (χ0) is 26.2. The molecule has 190 valence electrons. The molecule has 37 heavy (non-hydrogen) atoms. The molecule has 0 aliphatic carbocycles. The Morgan fingerprint density at radius 2 is 1.73 bits per heavy atom. The third-order valence-corrected chi connectivity index (χ3v) is 6.61. The van der Waals surface area contributed by atoms with Crippen molar-refractivity contribution in [2.45, 2.75) is 20.0 Å². The van der Waals surface area contributed by atoms with Crippen molar-refractivity contribution in [3.05, 3.63) is 99.4 Å². The van der Waals surface area contributed by atoms with E-state index in [4.69, 9.17) is 31.2 Å². The maximum Gasteiger partial charge on any atom is 0.341 e. The minimum absolute atomic E-state index is 0.147. The number of hydrogen-bond acceptors (Lipinski definition) is 6. The number of carbonyl (C=O) groups excluding carboxylic acids is 1. The summed E-state index contributed by atoms with van der Waals surface area (Å²) in [7, 11) is 0. The number of halogens is 1. The van der Waals surface area contributed by atoms with Crippen LogP contribution in [0.15, 0.2) is 82.7 Å². The molecule has 0 radical (unpaired) electrons. The van der Waals surface area contributed by atoms with Crippen molar-refractivity contribution in [3.8, 4) is 11.5 Å². The molecular formula is C28H25ClN2O5S. The van der Waals surface area contributed by atoms with Crippen LogP contribution in [-0.4, -0.2) is 40.3 Å². The lowest BCUT2D eigenvalue weighted by molar-refractivity contribution is -0.139. The van der Waals surface area contributed by atoms with Crippen LogP contribution in [-0.2, 0) is 22.7 Å². The third kappa shape index (κ3) is 6.93. The fourth-order valence-electron chi connectivity index (χ4n) is 3.63. The van der Waals surface area contributed by atoms with Crippen LogP contribution in [0.2, 0.25) is 5.02 Å². The Hall–Kier alpha value is -3.75. The second kappa shape index (κ2) is 12.5. The summed E-state index contributed by atoms with van der Waals surface area (Å²) in [6.07, 6.45) is 1.73. The minimum atomic E-state index is -1.13. The number of amides is 1. The van der Waals surface area contributed by atoms with Gasteiger partial charge in [0.2, 0.25) is 0 Å². The van der Waals surface area contributed by atoms with Gasteiger partial charge in [-0.25, -0.2) is 4.79 Å². The van der Waals surface area contributed by atoms with E-state index in [9.17, 15) is 9.59 Å². The van der Waals surface area contributed by atoms with Gasteiger partial charge in [0.15, 0.2) is 23.3 Å². The predicted octanol–water partition coefficient (Wildman–Crippen LogP) is 5.87. The van der Waals surface area contributed by atoms with Crippen LogP contribution in [0.5, 0.6) is 11.5 Å². The van der Waals surface area contributed by atoms with Gasteiger partial charge in [-0.2, -0.15) is 0 Å². The first-order valence-electron chi connectivity index (χ1n) is 11.6. The van der Waals surface area contributed by atoms with Crippen molar-refractivity contribution in [1.29, 1.82) is 0 Å². The number of nitrogens with zero attached hydrogens (tertiary/aromatic N) is 2. The number of aliphatic carboxylic acids is 1. The molecule has 4 rings (SSSR count). The molecule has 0 atom stereocenters. The second-order valence-corrected chi connectivity index (χ2v) is 9.43. The highest BCUT2D eigenvalue weighted by atomic mass is 35.5. The highest BCUT2D eigenvalue weighted by Crippen LogP contribution is 2.39. The van der Waals surface area contributed by atoms with E-state index >= 15 is 0 Å². The molecule has 9 heteroatoms. The summed E-state index contributed by atoms with van der Waals surface area (Å²) < 4.78 is 11.0. The average molecular weight is 537 g/mol. The standard InChI is InChI=1S/C28H25ClN2O5S/c1-2-35-23-14-21(13-22(29)26(23)36-18-25(32)33)15-24-27(34)31(17-20-11-7-4-8-12-20)28(37-24)30-16-19-9-5-3-6-10-19/h3-15H,2,16-18H2,1H3,(H,32,33)/b24-15+,30-28?. The van der Waals surface area contributed by atoms with Crippen LogP contribution in [0, 0.1) is 0 Å². The fraction of sp³-hybridized carbons (Fsp3) is 0.179. The van der Waals surface area contributed by atoms with Crippen molar-refractivity contribution in [2.24, 2.45) is 4.99 Å². The lowest BCUT2D eigenvalue weighted by atomic mass is 10.1. The summed E-state index contributed by atoms with van der Waals surface area (Å²) in [5, 5.41) is 9.76. The molecule has 0 spiro atoms. The molecule has 1 fully saturated rings. The van der Waals surface area contributed by atoms with Crippen LogP contribution in [0.4, 0.5) is 0 Å². The first-order valence-corrected chi connectivity index (χ1v) is 12.8. The molecule has 1 aliphatic rings. The molecule has 1 heterocycles. The second-order valence-electron chi connectivity index (χ2n) is 8.02. The van der Waals surface area contributed by atoms with E-state index in [-0.39, 0.29) is 16.7 Å². The Morgan fingerprint density at radius 3 is 2.38 bits per heavy atom. The number of aliphatic imine (C=N–C) groups is 1. The molecule has 0 saturated carbocycles. The van der Waals surface area contributed by atoms with Gasteiger partial charge in [-0.3, -0.25) is 14.7 Å². The molecule has 3 aromatic rings. The van der Waals surface area contributed by atoms with E-state index in [0.29, 0.717) is 41.1 Å². The van der Waals surface area contributed by atoms with Crippen molar-refractivity contribution in [2.75, 3.05) is 13.2 Å². The summed E-state index contributed by atoms with van der Waals surface area (Å²) in [6.45, 7) is 2.42. The SMILES string of the molecule is CCOc1cc(/C=C2/SC(=NCc3ccccc3)N(Cc3ccccc3)C2=O)cc(Cl)c1OCC(=O)O. The largest absolute Gasteiger partial charge is 0.490 e. The zero-order valence-corrected chi connectivity index (χ0v) is 21.7. The maximum atomic E-state index is 13.5. The number of ether oxygens (including phenoxy) is 2. The topological polar surface area (TPSA) is 88.4 Å². The molecule has 7 nitrogen and oxygen atoms in total. The normalized spacial score (nSPS) is 15.4. The number of hydrogen-bond donors (Lipinski definition) is 1. The molecule has 1 aliphatic heterocycles. The Bertz CT molecular complexity index is 1330. The molecule has 3 aromatic carbocycles. The number of amidine groups is 1. The van der Waals surface area contributed by atoms with Gasteiger partial charge < -0.3 is 14.6 Å². The lowest BCUT2D eigenvalue weighted by Gasteiger charge is -2.16. The number of rotatable bonds is 10. The summed E-state index contributed by atoms with van der Waals surface area (Å²) in [4.78, 5) is 31.3. The van der Waals surface area contributed by atoms with E-state index in [0.717, 1.165) is 11.1 Å². The van der Waals surface area contributed by atoms with Crippen LogP contribution in [0.3, 0.4) is 0 Å². The van der Waals surface area contributed by atoms with E-state index in [1.165, 1.54) is 11.8 Å². The van der Waals surface area contributed by atoms with Gasteiger partial charge >= 0.3 is 5.97 Å². The molecule has 0 aromatic heterocycles. The number of carbonyl (C=O) groups is 2. The molecule has 1 saturated heterocycles. The predicted molar refractivity (Wildman–Crippen MR) is 146 cm³/mol. The average Bonchev–Trinajstić information content (AvgIpc) is 3.17. The van der Waals surface area contributed by atoms with E-state index in [1.54, 1.807) is 30.0 Å². The Balaban J connectivity index is 1.65.